The summed E-state index contributed by atoms with van der Waals surface area (Å²) in [5.74, 6) is -2.95. The van der Waals surface area contributed by atoms with Crippen LogP contribution >= 0.6 is 11.3 Å². The lowest BCUT2D eigenvalue weighted by molar-refractivity contribution is 0.103. The topological polar surface area (TPSA) is 118 Å². The highest BCUT2D eigenvalue weighted by Gasteiger charge is 2.30. The maximum absolute atomic E-state index is 14.1. The van der Waals surface area contributed by atoms with Gasteiger partial charge in [-0.15, -0.1) is 0 Å². The number of pyridine rings is 1. The van der Waals surface area contributed by atoms with Gasteiger partial charge in [0.2, 0.25) is 15.8 Å². The normalized spacial score (nSPS) is 14.9. The van der Waals surface area contributed by atoms with E-state index in [2.05, 4.69) is 15.3 Å². The molecule has 3 heterocycles. The summed E-state index contributed by atoms with van der Waals surface area (Å²) in [5.41, 5.74) is 6.97. The number of hydrogen-bond donors (Lipinski definition) is 2. The summed E-state index contributed by atoms with van der Waals surface area (Å²) in [4.78, 5) is 21.1. The van der Waals surface area contributed by atoms with Crippen LogP contribution in [0, 0.1) is 11.6 Å². The fraction of sp³-hybridized carbons (Fsp3) is 0.192. The molecule has 0 radical (unpaired) electrons. The van der Waals surface area contributed by atoms with Crippen LogP contribution in [-0.4, -0.2) is 47.6 Å². The Morgan fingerprint density at radius 3 is 2.32 bits per heavy atom. The number of sulfonamides is 1. The van der Waals surface area contributed by atoms with Crippen molar-refractivity contribution >= 4 is 38.1 Å². The standard InChI is InChI=1S/C26H23F2N5O3S2/c27-20-4-1-5-21(28)22(20)23(34)24-25(29)32-26(37-24)31-18-10-13-33(14-11-18)38(35,36)19-8-6-16(7-9-19)17-3-2-12-30-15-17/h1-9,12,15,18H,10-11,13-14,29H2,(H,31,32). The number of ketones is 1. The number of benzene rings is 2. The van der Waals surface area contributed by atoms with E-state index in [-0.39, 0.29) is 34.7 Å². The molecule has 0 saturated carbocycles. The van der Waals surface area contributed by atoms with E-state index >= 15 is 0 Å². The highest BCUT2D eigenvalue weighted by Crippen LogP contribution is 2.31. The van der Waals surface area contributed by atoms with Crippen LogP contribution in [0.25, 0.3) is 11.1 Å². The van der Waals surface area contributed by atoms with Crippen molar-refractivity contribution in [2.24, 2.45) is 0 Å². The highest BCUT2D eigenvalue weighted by atomic mass is 32.2. The monoisotopic (exact) mass is 555 g/mol. The number of rotatable bonds is 7. The smallest absolute Gasteiger partial charge is 0.243 e. The maximum Gasteiger partial charge on any atom is 0.243 e. The van der Waals surface area contributed by atoms with Gasteiger partial charge in [-0.25, -0.2) is 22.2 Å². The Morgan fingerprint density at radius 1 is 1.00 bits per heavy atom. The largest absolute Gasteiger partial charge is 0.382 e. The van der Waals surface area contributed by atoms with Gasteiger partial charge in [-0.3, -0.25) is 9.78 Å². The molecule has 1 aliphatic heterocycles. The summed E-state index contributed by atoms with van der Waals surface area (Å²) in [6, 6.07) is 13.5. The van der Waals surface area contributed by atoms with Crippen molar-refractivity contribution in [1.82, 2.24) is 14.3 Å². The van der Waals surface area contributed by atoms with Crippen LogP contribution in [0.5, 0.6) is 0 Å². The number of carbonyl (C=O) groups excluding carboxylic acids is 1. The third-order valence-electron chi connectivity index (χ3n) is 6.32. The number of carbonyl (C=O) groups is 1. The van der Waals surface area contributed by atoms with Gasteiger partial charge in [-0.05, 0) is 54.3 Å². The number of piperidine rings is 1. The Hall–Kier alpha value is -3.74. The third-order valence-corrected chi connectivity index (χ3v) is 9.23. The molecule has 1 aliphatic rings. The summed E-state index contributed by atoms with van der Waals surface area (Å²) >= 11 is 0.910. The van der Waals surface area contributed by atoms with Gasteiger partial charge in [0, 0.05) is 31.5 Å². The molecule has 1 saturated heterocycles. The summed E-state index contributed by atoms with van der Waals surface area (Å²) < 4.78 is 55.9. The number of nitrogens with zero attached hydrogens (tertiary/aromatic N) is 3. The third kappa shape index (κ3) is 5.15. The van der Waals surface area contributed by atoms with Crippen LogP contribution in [-0.2, 0) is 10.0 Å². The molecule has 2 aromatic heterocycles. The molecule has 8 nitrogen and oxygen atoms in total. The van der Waals surface area contributed by atoms with Crippen LogP contribution in [0.1, 0.15) is 28.1 Å². The summed E-state index contributed by atoms with van der Waals surface area (Å²) in [7, 11) is -3.67. The molecule has 4 aromatic rings. The Kier molecular flexibility index (Phi) is 7.19. The van der Waals surface area contributed by atoms with Gasteiger partial charge >= 0.3 is 0 Å². The number of hydrogen-bond acceptors (Lipinski definition) is 8. The van der Waals surface area contributed by atoms with Crippen molar-refractivity contribution in [3.05, 3.63) is 89.1 Å². The van der Waals surface area contributed by atoms with Gasteiger partial charge in [0.15, 0.2) is 5.13 Å². The first-order valence-corrected chi connectivity index (χ1v) is 14.0. The highest BCUT2D eigenvalue weighted by molar-refractivity contribution is 7.89. The summed E-state index contributed by atoms with van der Waals surface area (Å²) in [6.07, 6.45) is 4.39. The van der Waals surface area contributed by atoms with Crippen LogP contribution in [0.15, 0.2) is 71.9 Å². The molecule has 38 heavy (non-hydrogen) atoms. The average molecular weight is 556 g/mol. The molecule has 2 aromatic carbocycles. The quantitative estimate of drug-likeness (QED) is 0.321. The SMILES string of the molecule is Nc1nc(NC2CCN(S(=O)(=O)c3ccc(-c4cccnc4)cc3)CC2)sc1C(=O)c1c(F)cccc1F. The van der Waals surface area contributed by atoms with Crippen molar-refractivity contribution < 1.29 is 22.0 Å². The summed E-state index contributed by atoms with van der Waals surface area (Å²) in [5, 5.41) is 3.50. The molecule has 0 atom stereocenters. The van der Waals surface area contributed by atoms with Gasteiger partial charge in [0.25, 0.3) is 0 Å². The van der Waals surface area contributed by atoms with E-state index in [1.165, 1.54) is 10.4 Å². The molecule has 0 bridgehead atoms. The van der Waals surface area contributed by atoms with Crippen LogP contribution in [0.3, 0.4) is 0 Å². The Morgan fingerprint density at radius 2 is 1.68 bits per heavy atom. The predicted molar refractivity (Wildman–Crippen MR) is 141 cm³/mol. The lowest BCUT2D eigenvalue weighted by Gasteiger charge is -2.31. The van der Waals surface area contributed by atoms with Crippen LogP contribution < -0.4 is 11.1 Å². The van der Waals surface area contributed by atoms with Crippen LogP contribution in [0.2, 0.25) is 0 Å². The second kappa shape index (κ2) is 10.6. The van der Waals surface area contributed by atoms with E-state index in [4.69, 9.17) is 5.73 Å². The number of nitrogen functional groups attached to an aromatic ring is 1. The molecule has 0 aliphatic carbocycles. The molecule has 12 heteroatoms. The molecule has 3 N–H and O–H groups in total. The number of nitrogens with one attached hydrogen (secondary N) is 1. The van der Waals surface area contributed by atoms with Gasteiger partial charge < -0.3 is 11.1 Å². The first-order chi connectivity index (χ1) is 18.2. The number of thiazole rings is 1. The average Bonchev–Trinajstić information content (AvgIpc) is 3.29. The lowest BCUT2D eigenvalue weighted by Crippen LogP contribution is -2.42. The molecular weight excluding hydrogens is 532 g/mol. The van der Waals surface area contributed by atoms with Crippen molar-refractivity contribution in [2.75, 3.05) is 24.1 Å². The predicted octanol–water partition coefficient (Wildman–Crippen LogP) is 4.56. The zero-order valence-corrected chi connectivity index (χ0v) is 21.6. The zero-order chi connectivity index (χ0) is 26.9. The number of halogens is 2. The Balaban J connectivity index is 1.23. The summed E-state index contributed by atoms with van der Waals surface area (Å²) in [6.45, 7) is 0.578. The zero-order valence-electron chi connectivity index (χ0n) is 20.0. The van der Waals surface area contributed by atoms with Gasteiger partial charge in [0.05, 0.1) is 10.5 Å². The molecule has 0 amide bonds. The van der Waals surface area contributed by atoms with Crippen molar-refractivity contribution in [2.45, 2.75) is 23.8 Å². The van der Waals surface area contributed by atoms with Crippen molar-refractivity contribution in [3.63, 3.8) is 0 Å². The fourth-order valence-electron chi connectivity index (χ4n) is 4.30. The maximum atomic E-state index is 14.1. The minimum absolute atomic E-state index is 0.0637. The van der Waals surface area contributed by atoms with Gasteiger partial charge in [-0.1, -0.05) is 35.6 Å². The number of nitrogens with two attached hydrogens (primary N) is 1. The minimum Gasteiger partial charge on any atom is -0.382 e. The van der Waals surface area contributed by atoms with E-state index in [1.807, 2.05) is 12.1 Å². The van der Waals surface area contributed by atoms with Crippen molar-refractivity contribution in [1.29, 1.82) is 0 Å². The van der Waals surface area contributed by atoms with E-state index < -0.39 is 33.0 Å². The molecule has 0 unspecified atom stereocenters. The second-order valence-corrected chi connectivity index (χ2v) is 11.7. The first-order valence-electron chi connectivity index (χ1n) is 11.8. The molecule has 0 spiro atoms. The van der Waals surface area contributed by atoms with E-state index in [0.717, 1.165) is 34.6 Å². The van der Waals surface area contributed by atoms with E-state index in [9.17, 15) is 22.0 Å². The Bertz CT molecular complexity index is 1550. The molecular formula is C26H23F2N5O3S2. The Labute approximate surface area is 222 Å². The van der Waals surface area contributed by atoms with E-state index in [0.29, 0.717) is 18.0 Å². The molecule has 5 rings (SSSR count). The number of anilines is 2. The molecule has 196 valence electrons. The first kappa shape index (κ1) is 25.9. The lowest BCUT2D eigenvalue weighted by atomic mass is 10.1. The van der Waals surface area contributed by atoms with Gasteiger partial charge in [0.1, 0.15) is 22.3 Å². The fourth-order valence-corrected chi connectivity index (χ4v) is 6.68. The second-order valence-electron chi connectivity index (χ2n) is 8.75. The number of aromatic nitrogens is 2. The van der Waals surface area contributed by atoms with Crippen LogP contribution in [0.4, 0.5) is 19.7 Å². The van der Waals surface area contributed by atoms with E-state index in [1.54, 1.807) is 36.7 Å². The minimum atomic E-state index is -3.67. The van der Waals surface area contributed by atoms with Gasteiger partial charge in [-0.2, -0.15) is 4.31 Å². The molecule has 1 fully saturated rings. The van der Waals surface area contributed by atoms with Crippen molar-refractivity contribution in [3.8, 4) is 11.1 Å².